The fourth-order valence-corrected chi connectivity index (χ4v) is 3.00. The molecule has 0 radical (unpaired) electrons. The smallest absolute Gasteiger partial charge is 0.326 e. The predicted molar refractivity (Wildman–Crippen MR) is 120 cm³/mol. The van der Waals surface area contributed by atoms with Gasteiger partial charge in [0.1, 0.15) is 23.9 Å². The third kappa shape index (κ3) is 8.70. The van der Waals surface area contributed by atoms with Crippen LogP contribution in [0.25, 0.3) is 0 Å². The molecule has 0 aliphatic carbocycles. The van der Waals surface area contributed by atoms with Crippen LogP contribution in [-0.2, 0) is 25.6 Å². The van der Waals surface area contributed by atoms with E-state index in [-0.39, 0.29) is 18.1 Å². The number of carboxylic acid groups (broad SMARTS) is 1. The van der Waals surface area contributed by atoms with Gasteiger partial charge >= 0.3 is 5.97 Å². The van der Waals surface area contributed by atoms with Gasteiger partial charge in [-0.1, -0.05) is 39.8 Å². The molecule has 1 aromatic carbocycles. The van der Waals surface area contributed by atoms with Crippen molar-refractivity contribution in [1.29, 1.82) is 0 Å². The molecule has 0 saturated heterocycles. The zero-order chi connectivity index (χ0) is 25.3. The molecular formula is C22H34N4O7. The number of amides is 3. The van der Waals surface area contributed by atoms with Crippen LogP contribution in [-0.4, -0.2) is 69.8 Å². The summed E-state index contributed by atoms with van der Waals surface area (Å²) in [5, 5.41) is 35.3. The second-order valence-corrected chi connectivity index (χ2v) is 8.52. The summed E-state index contributed by atoms with van der Waals surface area (Å²) in [6, 6.07) is 1.58. The highest BCUT2D eigenvalue weighted by molar-refractivity contribution is 5.94. The quantitative estimate of drug-likeness (QED) is 0.206. The highest BCUT2D eigenvalue weighted by Crippen LogP contribution is 2.11. The lowest BCUT2D eigenvalue weighted by molar-refractivity contribution is -0.144. The number of carbonyl (C=O) groups excluding carboxylic acids is 3. The third-order valence-corrected chi connectivity index (χ3v) is 5.02. The number of phenols is 1. The molecule has 0 bridgehead atoms. The van der Waals surface area contributed by atoms with Gasteiger partial charge in [-0.25, -0.2) is 4.79 Å². The summed E-state index contributed by atoms with van der Waals surface area (Å²) in [7, 11) is 0. The van der Waals surface area contributed by atoms with E-state index in [4.69, 9.17) is 5.73 Å². The lowest BCUT2D eigenvalue weighted by Crippen LogP contribution is -2.59. The van der Waals surface area contributed by atoms with Gasteiger partial charge in [0.15, 0.2) is 0 Å². The molecule has 11 heteroatoms. The van der Waals surface area contributed by atoms with E-state index < -0.39 is 60.4 Å². The van der Waals surface area contributed by atoms with Crippen molar-refractivity contribution < 1.29 is 34.5 Å². The SMILES string of the molecule is CC(C)C(NC(=O)C(CO)NC(=O)C(NC(=O)C(N)Cc1ccc(O)cc1)C(C)C)C(=O)O. The molecule has 0 heterocycles. The summed E-state index contributed by atoms with van der Waals surface area (Å²) in [4.78, 5) is 49.0. The number of benzene rings is 1. The van der Waals surface area contributed by atoms with E-state index in [0.29, 0.717) is 0 Å². The topological polar surface area (TPSA) is 191 Å². The molecule has 0 aliphatic rings. The number of nitrogens with two attached hydrogens (primary N) is 1. The van der Waals surface area contributed by atoms with Crippen molar-refractivity contribution in [2.45, 2.75) is 58.3 Å². The predicted octanol–water partition coefficient (Wildman–Crippen LogP) is -0.895. The standard InChI is InChI=1S/C22H34N4O7/c1-11(2)17(25-19(29)15(23)9-13-5-7-14(28)8-6-13)21(31)24-16(10-27)20(30)26-18(12(3)4)22(32)33/h5-8,11-12,15-18,27-28H,9-10,23H2,1-4H3,(H,24,31)(H,25,29)(H,26,30)(H,32,33). The van der Waals surface area contributed by atoms with Gasteiger partial charge in [-0.2, -0.15) is 0 Å². The summed E-state index contributed by atoms with van der Waals surface area (Å²) in [5.41, 5.74) is 6.68. The van der Waals surface area contributed by atoms with Gasteiger partial charge in [0.2, 0.25) is 17.7 Å². The number of carboxylic acids is 1. The first-order valence-corrected chi connectivity index (χ1v) is 10.7. The molecule has 11 nitrogen and oxygen atoms in total. The number of aliphatic carboxylic acids is 1. The maximum absolute atomic E-state index is 12.8. The summed E-state index contributed by atoms with van der Waals surface area (Å²) in [5.74, 6) is -4.12. The second-order valence-electron chi connectivity index (χ2n) is 8.52. The number of hydrogen-bond acceptors (Lipinski definition) is 7. The van der Waals surface area contributed by atoms with E-state index in [0.717, 1.165) is 5.56 Å². The van der Waals surface area contributed by atoms with Gasteiger partial charge in [-0.15, -0.1) is 0 Å². The zero-order valence-electron chi connectivity index (χ0n) is 19.2. The molecule has 1 rings (SSSR count). The Balaban J connectivity index is 2.81. The maximum Gasteiger partial charge on any atom is 0.326 e. The summed E-state index contributed by atoms with van der Waals surface area (Å²) >= 11 is 0. The Morgan fingerprint density at radius 1 is 0.848 bits per heavy atom. The molecule has 0 fully saturated rings. The van der Waals surface area contributed by atoms with E-state index in [1.165, 1.54) is 12.1 Å². The molecule has 0 spiro atoms. The molecule has 0 aromatic heterocycles. The molecule has 4 unspecified atom stereocenters. The van der Waals surface area contributed by atoms with Crippen LogP contribution < -0.4 is 21.7 Å². The van der Waals surface area contributed by atoms with Gasteiger partial charge in [-0.05, 0) is 36.0 Å². The number of aliphatic hydroxyl groups excluding tert-OH is 1. The van der Waals surface area contributed by atoms with Crippen molar-refractivity contribution in [3.63, 3.8) is 0 Å². The van der Waals surface area contributed by atoms with Gasteiger partial charge in [0.05, 0.1) is 12.6 Å². The summed E-state index contributed by atoms with van der Waals surface area (Å²) < 4.78 is 0. The fraction of sp³-hybridized carbons (Fsp3) is 0.545. The van der Waals surface area contributed by atoms with E-state index in [9.17, 15) is 34.5 Å². The molecule has 33 heavy (non-hydrogen) atoms. The summed E-state index contributed by atoms with van der Waals surface area (Å²) in [6.45, 7) is 5.82. The van der Waals surface area contributed by atoms with Crippen molar-refractivity contribution >= 4 is 23.7 Å². The Morgan fingerprint density at radius 3 is 1.82 bits per heavy atom. The van der Waals surface area contributed by atoms with E-state index in [2.05, 4.69) is 16.0 Å². The molecule has 1 aromatic rings. The Hall–Kier alpha value is -3.18. The van der Waals surface area contributed by atoms with Crippen LogP contribution in [0.1, 0.15) is 33.3 Å². The number of aliphatic hydroxyl groups is 1. The van der Waals surface area contributed by atoms with Crippen molar-refractivity contribution in [2.24, 2.45) is 17.6 Å². The lowest BCUT2D eigenvalue weighted by atomic mass is 10.0. The number of hydrogen-bond donors (Lipinski definition) is 7. The van der Waals surface area contributed by atoms with Gasteiger partial charge < -0.3 is 37.0 Å². The number of nitrogens with one attached hydrogen (secondary N) is 3. The third-order valence-electron chi connectivity index (χ3n) is 5.02. The Bertz CT molecular complexity index is 827. The van der Waals surface area contributed by atoms with Crippen molar-refractivity contribution in [3.05, 3.63) is 29.8 Å². The monoisotopic (exact) mass is 466 g/mol. The van der Waals surface area contributed by atoms with Crippen molar-refractivity contribution in [2.75, 3.05) is 6.61 Å². The van der Waals surface area contributed by atoms with E-state index in [1.54, 1.807) is 39.8 Å². The van der Waals surface area contributed by atoms with Crippen LogP contribution in [0.2, 0.25) is 0 Å². The lowest BCUT2D eigenvalue weighted by Gasteiger charge is -2.26. The molecule has 184 valence electrons. The van der Waals surface area contributed by atoms with Gasteiger partial charge in [0.25, 0.3) is 0 Å². The molecule has 3 amide bonds. The average molecular weight is 467 g/mol. The first-order valence-electron chi connectivity index (χ1n) is 10.7. The first-order chi connectivity index (χ1) is 15.4. The van der Waals surface area contributed by atoms with Gasteiger partial charge in [-0.3, -0.25) is 14.4 Å². The van der Waals surface area contributed by atoms with Gasteiger partial charge in [0, 0.05) is 0 Å². The number of phenolic OH excluding ortho intramolecular Hbond substituents is 1. The Morgan fingerprint density at radius 2 is 1.36 bits per heavy atom. The number of rotatable bonds is 12. The van der Waals surface area contributed by atoms with Crippen molar-refractivity contribution in [3.8, 4) is 5.75 Å². The molecule has 8 N–H and O–H groups in total. The Labute approximate surface area is 192 Å². The average Bonchev–Trinajstić information content (AvgIpc) is 2.74. The largest absolute Gasteiger partial charge is 0.508 e. The molecule has 4 atom stereocenters. The van der Waals surface area contributed by atoms with Crippen LogP contribution in [0.15, 0.2) is 24.3 Å². The van der Waals surface area contributed by atoms with Crippen LogP contribution in [0, 0.1) is 11.8 Å². The first kappa shape index (κ1) is 27.9. The number of aromatic hydroxyl groups is 1. The normalized spacial score (nSPS) is 14.8. The minimum Gasteiger partial charge on any atom is -0.508 e. The minimum absolute atomic E-state index is 0.0823. The van der Waals surface area contributed by atoms with Crippen LogP contribution in [0.5, 0.6) is 5.75 Å². The minimum atomic E-state index is -1.40. The van der Waals surface area contributed by atoms with Crippen LogP contribution in [0.4, 0.5) is 0 Å². The molecule has 0 saturated carbocycles. The zero-order valence-corrected chi connectivity index (χ0v) is 19.2. The highest BCUT2D eigenvalue weighted by atomic mass is 16.4. The van der Waals surface area contributed by atoms with E-state index >= 15 is 0 Å². The second kappa shape index (κ2) is 12.8. The summed E-state index contributed by atoms with van der Waals surface area (Å²) in [6.07, 6.45) is 0.173. The van der Waals surface area contributed by atoms with Crippen LogP contribution >= 0.6 is 0 Å². The van der Waals surface area contributed by atoms with Crippen LogP contribution in [0.3, 0.4) is 0 Å². The Kier molecular flexibility index (Phi) is 10.8. The maximum atomic E-state index is 12.8. The fourth-order valence-electron chi connectivity index (χ4n) is 3.00. The van der Waals surface area contributed by atoms with Crippen molar-refractivity contribution in [1.82, 2.24) is 16.0 Å². The molecular weight excluding hydrogens is 432 g/mol. The van der Waals surface area contributed by atoms with E-state index in [1.807, 2.05) is 0 Å². The number of carbonyl (C=O) groups is 4. The molecule has 0 aliphatic heterocycles. The highest BCUT2D eigenvalue weighted by Gasteiger charge is 2.32.